The van der Waals surface area contributed by atoms with Crippen LogP contribution < -0.4 is 10.6 Å². The Labute approximate surface area is 189 Å². The zero-order chi connectivity index (χ0) is 23.3. The summed E-state index contributed by atoms with van der Waals surface area (Å²) in [6.07, 6.45) is 1.14. The second-order valence-corrected chi connectivity index (χ2v) is 8.22. The largest absolute Gasteiger partial charge is 0.351 e. The van der Waals surface area contributed by atoms with Crippen LogP contribution in [0.5, 0.6) is 0 Å². The van der Waals surface area contributed by atoms with Crippen molar-refractivity contribution in [2.24, 2.45) is 0 Å². The minimum atomic E-state index is -1.01. The molecule has 2 aromatic rings. The van der Waals surface area contributed by atoms with Crippen LogP contribution in [0.4, 0.5) is 8.78 Å². The molecule has 1 aliphatic heterocycles. The van der Waals surface area contributed by atoms with Crippen molar-refractivity contribution < 1.29 is 23.2 Å². The van der Waals surface area contributed by atoms with Crippen molar-refractivity contribution >= 4 is 29.3 Å². The molecule has 0 saturated carbocycles. The predicted octanol–water partition coefficient (Wildman–Crippen LogP) is 3.09. The monoisotopic (exact) mass is 463 g/mol. The van der Waals surface area contributed by atoms with Crippen LogP contribution >= 0.6 is 11.6 Å². The van der Waals surface area contributed by atoms with Gasteiger partial charge in [0.2, 0.25) is 11.8 Å². The molecule has 1 aliphatic rings. The number of carbonyl (C=O) groups excluding carboxylic acids is 3. The molecule has 2 aromatic carbocycles. The summed E-state index contributed by atoms with van der Waals surface area (Å²) in [6.45, 7) is 2.23. The molecule has 170 valence electrons. The number of piperidine rings is 1. The number of nitrogens with one attached hydrogen (secondary N) is 2. The van der Waals surface area contributed by atoms with Crippen molar-refractivity contribution in [3.63, 3.8) is 0 Å². The fourth-order valence-corrected chi connectivity index (χ4v) is 3.79. The van der Waals surface area contributed by atoms with E-state index in [1.54, 1.807) is 29.2 Å². The van der Waals surface area contributed by atoms with Gasteiger partial charge in [-0.2, -0.15) is 0 Å². The van der Waals surface area contributed by atoms with Crippen LogP contribution in [-0.4, -0.2) is 47.8 Å². The lowest BCUT2D eigenvalue weighted by atomic mass is 10.0. The lowest BCUT2D eigenvalue weighted by Gasteiger charge is -2.33. The molecule has 9 heteroatoms. The van der Waals surface area contributed by atoms with Crippen molar-refractivity contribution in [1.82, 2.24) is 15.5 Å². The molecule has 6 nitrogen and oxygen atoms in total. The molecule has 0 bridgehead atoms. The van der Waals surface area contributed by atoms with E-state index in [1.807, 2.05) is 0 Å². The molecule has 3 amide bonds. The van der Waals surface area contributed by atoms with Gasteiger partial charge in [-0.1, -0.05) is 17.7 Å². The van der Waals surface area contributed by atoms with Crippen molar-refractivity contribution in [2.45, 2.75) is 38.3 Å². The van der Waals surface area contributed by atoms with Gasteiger partial charge in [-0.15, -0.1) is 0 Å². The second-order valence-electron chi connectivity index (χ2n) is 7.79. The van der Waals surface area contributed by atoms with Gasteiger partial charge in [0.05, 0.1) is 0 Å². The summed E-state index contributed by atoms with van der Waals surface area (Å²) in [4.78, 5) is 38.7. The second kappa shape index (κ2) is 10.5. The van der Waals surface area contributed by atoms with Crippen LogP contribution in [0.25, 0.3) is 0 Å². The van der Waals surface area contributed by atoms with Gasteiger partial charge in [0.25, 0.3) is 5.91 Å². The Bertz CT molecular complexity index is 992. The van der Waals surface area contributed by atoms with E-state index in [4.69, 9.17) is 11.6 Å². The summed E-state index contributed by atoms with van der Waals surface area (Å²) in [5.74, 6) is -2.90. The van der Waals surface area contributed by atoms with Crippen molar-refractivity contribution in [1.29, 1.82) is 0 Å². The maximum absolute atomic E-state index is 13.5. The predicted molar refractivity (Wildman–Crippen MR) is 116 cm³/mol. The molecule has 0 spiro atoms. The highest BCUT2D eigenvalue weighted by Gasteiger charge is 2.27. The van der Waals surface area contributed by atoms with Gasteiger partial charge >= 0.3 is 0 Å². The Balaban J connectivity index is 1.57. The number of hydrogen-bond donors (Lipinski definition) is 2. The standard InChI is InChI=1S/C23H24ClF2N3O3/c1-14(30)27-21(13-15-2-7-19(25)20(26)12-15)22(31)28-18-8-10-29(11-9-18)23(32)16-3-5-17(24)6-4-16/h2-7,12,18,21H,8-11,13H2,1H3,(H,27,30)(H,28,31)/t21-/m0/s1. The summed E-state index contributed by atoms with van der Waals surface area (Å²) >= 11 is 5.87. The summed E-state index contributed by atoms with van der Waals surface area (Å²) in [7, 11) is 0. The maximum atomic E-state index is 13.5. The van der Waals surface area contributed by atoms with Crippen LogP contribution in [-0.2, 0) is 16.0 Å². The molecular formula is C23H24ClF2N3O3. The number of hydrogen-bond acceptors (Lipinski definition) is 3. The Morgan fingerprint density at radius 1 is 1.06 bits per heavy atom. The van der Waals surface area contributed by atoms with Crippen LogP contribution in [0.3, 0.4) is 0 Å². The van der Waals surface area contributed by atoms with Gasteiger partial charge in [-0.25, -0.2) is 8.78 Å². The van der Waals surface area contributed by atoms with Crippen LogP contribution in [0, 0.1) is 11.6 Å². The third-order valence-electron chi connectivity index (χ3n) is 5.34. The molecular weight excluding hydrogens is 440 g/mol. The Morgan fingerprint density at radius 3 is 2.31 bits per heavy atom. The molecule has 0 radical (unpaired) electrons. The van der Waals surface area contributed by atoms with E-state index < -0.39 is 29.5 Å². The first kappa shape index (κ1) is 23.7. The van der Waals surface area contributed by atoms with Crippen molar-refractivity contribution in [3.05, 3.63) is 70.2 Å². The van der Waals surface area contributed by atoms with E-state index in [9.17, 15) is 23.2 Å². The average molecular weight is 464 g/mol. The van der Waals surface area contributed by atoms with E-state index >= 15 is 0 Å². The first-order valence-corrected chi connectivity index (χ1v) is 10.7. The van der Waals surface area contributed by atoms with Gasteiger partial charge in [0.1, 0.15) is 6.04 Å². The van der Waals surface area contributed by atoms with E-state index in [0.29, 0.717) is 42.1 Å². The number of halogens is 3. The fraction of sp³-hybridized carbons (Fsp3) is 0.348. The summed E-state index contributed by atoms with van der Waals surface area (Å²) in [5, 5.41) is 6.02. The molecule has 0 unspecified atom stereocenters. The molecule has 1 heterocycles. The highest BCUT2D eigenvalue weighted by atomic mass is 35.5. The molecule has 1 atom stereocenters. The number of carbonyl (C=O) groups is 3. The molecule has 3 rings (SSSR count). The average Bonchev–Trinajstić information content (AvgIpc) is 2.76. The fourth-order valence-electron chi connectivity index (χ4n) is 3.66. The van der Waals surface area contributed by atoms with Gasteiger partial charge in [0, 0.05) is 43.1 Å². The number of rotatable bonds is 6. The Kier molecular flexibility index (Phi) is 7.80. The van der Waals surface area contributed by atoms with E-state index in [2.05, 4.69) is 10.6 Å². The minimum Gasteiger partial charge on any atom is -0.351 e. The van der Waals surface area contributed by atoms with E-state index in [-0.39, 0.29) is 18.4 Å². The highest BCUT2D eigenvalue weighted by molar-refractivity contribution is 6.30. The third-order valence-corrected chi connectivity index (χ3v) is 5.59. The number of nitrogens with zero attached hydrogens (tertiary/aromatic N) is 1. The van der Waals surface area contributed by atoms with Crippen LogP contribution in [0.1, 0.15) is 35.7 Å². The molecule has 0 aliphatic carbocycles. The lowest BCUT2D eigenvalue weighted by molar-refractivity contribution is -0.128. The van der Waals surface area contributed by atoms with Gasteiger partial charge in [0.15, 0.2) is 11.6 Å². The Hall–Kier alpha value is -3.00. The maximum Gasteiger partial charge on any atom is 0.253 e. The summed E-state index contributed by atoms with van der Waals surface area (Å²) in [6, 6.07) is 8.96. The summed E-state index contributed by atoms with van der Waals surface area (Å²) in [5.41, 5.74) is 0.940. The van der Waals surface area contributed by atoms with E-state index in [0.717, 1.165) is 12.1 Å². The first-order chi connectivity index (χ1) is 15.2. The molecule has 32 heavy (non-hydrogen) atoms. The minimum absolute atomic E-state index is 0.0243. The smallest absolute Gasteiger partial charge is 0.253 e. The molecule has 2 N–H and O–H groups in total. The number of amides is 3. The van der Waals surface area contributed by atoms with E-state index in [1.165, 1.54) is 13.0 Å². The highest BCUT2D eigenvalue weighted by Crippen LogP contribution is 2.17. The third kappa shape index (κ3) is 6.26. The molecule has 0 aromatic heterocycles. The van der Waals surface area contributed by atoms with Gasteiger partial charge in [-0.05, 0) is 54.8 Å². The number of benzene rings is 2. The first-order valence-electron chi connectivity index (χ1n) is 10.3. The topological polar surface area (TPSA) is 78.5 Å². The van der Waals surface area contributed by atoms with Crippen molar-refractivity contribution in [3.8, 4) is 0 Å². The zero-order valence-corrected chi connectivity index (χ0v) is 18.3. The number of likely N-dealkylation sites (tertiary alicyclic amines) is 1. The van der Waals surface area contributed by atoms with Crippen LogP contribution in [0.2, 0.25) is 5.02 Å². The van der Waals surface area contributed by atoms with Gasteiger partial charge in [-0.3, -0.25) is 14.4 Å². The lowest BCUT2D eigenvalue weighted by Crippen LogP contribution is -2.53. The molecule has 1 fully saturated rings. The normalized spacial score (nSPS) is 15.2. The molecule has 1 saturated heterocycles. The zero-order valence-electron chi connectivity index (χ0n) is 17.5. The van der Waals surface area contributed by atoms with Crippen molar-refractivity contribution in [2.75, 3.05) is 13.1 Å². The Morgan fingerprint density at radius 2 is 1.72 bits per heavy atom. The summed E-state index contributed by atoms with van der Waals surface area (Å²) < 4.78 is 26.7. The van der Waals surface area contributed by atoms with Crippen LogP contribution in [0.15, 0.2) is 42.5 Å². The van der Waals surface area contributed by atoms with Gasteiger partial charge < -0.3 is 15.5 Å². The SMILES string of the molecule is CC(=O)N[C@@H](Cc1ccc(F)c(F)c1)C(=O)NC1CCN(C(=O)c2ccc(Cl)cc2)CC1. The quantitative estimate of drug-likeness (QED) is 0.691.